The lowest BCUT2D eigenvalue weighted by Crippen LogP contribution is -2.05. The molecule has 2 unspecified atom stereocenters. The van der Waals surface area contributed by atoms with E-state index in [1.807, 2.05) is 0 Å². The van der Waals surface area contributed by atoms with Crippen molar-refractivity contribution in [3.63, 3.8) is 0 Å². The van der Waals surface area contributed by atoms with E-state index in [9.17, 15) is 0 Å². The summed E-state index contributed by atoms with van der Waals surface area (Å²) in [6, 6.07) is 32.0. The second kappa shape index (κ2) is 20.1. The fourth-order valence-electron chi connectivity index (χ4n) is 7.56. The minimum absolute atomic E-state index is 0.423. The first-order chi connectivity index (χ1) is 23.4. The molecule has 0 aliphatic rings. The number of benzene rings is 4. The van der Waals surface area contributed by atoms with Crippen molar-refractivity contribution >= 4 is 11.4 Å². The molecule has 4 aromatic carbocycles. The lowest BCUT2D eigenvalue weighted by Gasteiger charge is -2.21. The molecule has 0 amide bonds. The van der Waals surface area contributed by atoms with Crippen LogP contribution in [0.15, 0.2) is 84.9 Å². The molecule has 0 aromatic heterocycles. The van der Waals surface area contributed by atoms with Gasteiger partial charge in [0.2, 0.25) is 0 Å². The van der Waals surface area contributed by atoms with Gasteiger partial charge in [-0.1, -0.05) is 152 Å². The van der Waals surface area contributed by atoms with Crippen LogP contribution < -0.4 is 11.5 Å². The van der Waals surface area contributed by atoms with E-state index in [0.717, 1.165) is 24.2 Å². The largest absolute Gasteiger partial charge is 0.399 e. The minimum Gasteiger partial charge on any atom is -0.399 e. The third kappa shape index (κ3) is 11.6. The van der Waals surface area contributed by atoms with Crippen LogP contribution in [0.2, 0.25) is 0 Å². The van der Waals surface area contributed by atoms with Crippen LogP contribution in [-0.4, -0.2) is 0 Å². The van der Waals surface area contributed by atoms with Crippen LogP contribution in [0.5, 0.6) is 0 Å². The number of nitrogens with two attached hydrogens (primary N) is 2. The van der Waals surface area contributed by atoms with Crippen molar-refractivity contribution in [1.82, 2.24) is 0 Å². The van der Waals surface area contributed by atoms with Crippen molar-refractivity contribution in [2.24, 2.45) is 0 Å². The Morgan fingerprint density at radius 3 is 1.15 bits per heavy atom. The summed E-state index contributed by atoms with van der Waals surface area (Å²) in [4.78, 5) is 0. The summed E-state index contributed by atoms with van der Waals surface area (Å²) in [6.45, 7) is 9.01. The fraction of sp³-hybridized carbons (Fsp3) is 0.478. The summed E-state index contributed by atoms with van der Waals surface area (Å²) >= 11 is 0. The Kier molecular flexibility index (Phi) is 15.6. The van der Waals surface area contributed by atoms with Crippen LogP contribution >= 0.6 is 0 Å². The Bertz CT molecular complexity index is 1370. The van der Waals surface area contributed by atoms with Gasteiger partial charge in [-0.05, 0) is 108 Å². The molecule has 2 nitrogen and oxygen atoms in total. The zero-order chi connectivity index (χ0) is 34.1. The average molecular weight is 645 g/mol. The SMILES string of the molecule is CCCCCCCCC(c1ccc(CCc2ccc(C(CCCCCCCC)c3ccc(N)cc3C)cc2)cc1)c1ccc(N)cc1C. The van der Waals surface area contributed by atoms with Gasteiger partial charge in [-0.2, -0.15) is 0 Å². The van der Waals surface area contributed by atoms with Gasteiger partial charge in [0.1, 0.15) is 0 Å². The number of nitrogen functional groups attached to an aromatic ring is 2. The van der Waals surface area contributed by atoms with Crippen molar-refractivity contribution in [1.29, 1.82) is 0 Å². The van der Waals surface area contributed by atoms with E-state index in [1.165, 1.54) is 134 Å². The molecule has 0 heterocycles. The van der Waals surface area contributed by atoms with E-state index in [1.54, 1.807) is 0 Å². The maximum absolute atomic E-state index is 6.13. The van der Waals surface area contributed by atoms with Crippen LogP contribution in [0.3, 0.4) is 0 Å². The van der Waals surface area contributed by atoms with Gasteiger partial charge in [-0.3, -0.25) is 0 Å². The van der Waals surface area contributed by atoms with Crippen molar-refractivity contribution in [3.8, 4) is 0 Å². The summed E-state index contributed by atoms with van der Waals surface area (Å²) in [7, 11) is 0. The summed E-state index contributed by atoms with van der Waals surface area (Å²) in [5, 5.41) is 0. The second-order valence-corrected chi connectivity index (χ2v) is 14.4. The summed E-state index contributed by atoms with van der Waals surface area (Å²) in [5.41, 5.74) is 25.1. The highest BCUT2D eigenvalue weighted by Gasteiger charge is 2.18. The highest BCUT2D eigenvalue weighted by molar-refractivity contribution is 5.49. The summed E-state index contributed by atoms with van der Waals surface area (Å²) < 4.78 is 0. The molecule has 258 valence electrons. The number of anilines is 2. The topological polar surface area (TPSA) is 52.0 Å². The van der Waals surface area contributed by atoms with Gasteiger partial charge < -0.3 is 11.5 Å². The quantitative estimate of drug-likeness (QED) is 0.0700. The Labute approximate surface area is 293 Å². The fourth-order valence-corrected chi connectivity index (χ4v) is 7.56. The van der Waals surface area contributed by atoms with Gasteiger partial charge in [0.05, 0.1) is 0 Å². The van der Waals surface area contributed by atoms with Gasteiger partial charge in [0.15, 0.2) is 0 Å². The molecule has 0 spiro atoms. The molecule has 0 saturated heterocycles. The van der Waals surface area contributed by atoms with Gasteiger partial charge in [0, 0.05) is 23.2 Å². The van der Waals surface area contributed by atoms with Gasteiger partial charge in [-0.25, -0.2) is 0 Å². The first kappa shape index (κ1) is 37.3. The lowest BCUT2D eigenvalue weighted by molar-refractivity contribution is 0.567. The first-order valence-corrected chi connectivity index (χ1v) is 19.3. The standard InChI is InChI=1S/C46H64N2/c1-5-7-9-11-13-15-17-45(43-31-29-41(47)33-35(43)3)39-25-21-37(22-26-39)19-20-38-23-27-40(28-24-38)46(18-16-14-12-10-8-6-2)44-32-30-42(48)34-36(44)4/h21-34,45-46H,5-20,47-48H2,1-4H3. The van der Waals surface area contributed by atoms with Crippen molar-refractivity contribution in [2.45, 2.75) is 142 Å². The number of aryl methyl sites for hydroxylation is 4. The minimum atomic E-state index is 0.423. The van der Waals surface area contributed by atoms with E-state index < -0.39 is 0 Å². The first-order valence-electron chi connectivity index (χ1n) is 19.3. The highest BCUT2D eigenvalue weighted by atomic mass is 14.5. The number of unbranched alkanes of at least 4 members (excludes halogenated alkanes) is 10. The predicted octanol–water partition coefficient (Wildman–Crippen LogP) is 13.0. The Morgan fingerprint density at radius 2 is 0.792 bits per heavy atom. The summed E-state index contributed by atoms with van der Waals surface area (Å²) in [6.07, 6.45) is 20.4. The molecule has 0 saturated carbocycles. The van der Waals surface area contributed by atoms with E-state index in [-0.39, 0.29) is 0 Å². The molecule has 0 radical (unpaired) electrons. The van der Waals surface area contributed by atoms with E-state index in [0.29, 0.717) is 11.8 Å². The molecule has 2 atom stereocenters. The predicted molar refractivity (Wildman–Crippen MR) is 211 cm³/mol. The third-order valence-corrected chi connectivity index (χ3v) is 10.5. The van der Waals surface area contributed by atoms with E-state index in [4.69, 9.17) is 11.5 Å². The van der Waals surface area contributed by atoms with Crippen molar-refractivity contribution in [3.05, 3.63) is 129 Å². The van der Waals surface area contributed by atoms with E-state index in [2.05, 4.69) is 113 Å². The molecule has 0 aliphatic heterocycles. The Balaban J connectivity index is 1.40. The molecule has 0 aliphatic carbocycles. The smallest absolute Gasteiger partial charge is 0.0316 e. The molecule has 4 N–H and O–H groups in total. The highest BCUT2D eigenvalue weighted by Crippen LogP contribution is 2.35. The maximum atomic E-state index is 6.13. The zero-order valence-corrected chi connectivity index (χ0v) is 30.7. The maximum Gasteiger partial charge on any atom is 0.0316 e. The molecular weight excluding hydrogens is 581 g/mol. The second-order valence-electron chi connectivity index (χ2n) is 14.4. The number of hydrogen-bond acceptors (Lipinski definition) is 2. The molecule has 0 fully saturated rings. The van der Waals surface area contributed by atoms with Gasteiger partial charge in [-0.15, -0.1) is 0 Å². The Morgan fingerprint density at radius 1 is 0.438 bits per heavy atom. The summed E-state index contributed by atoms with van der Waals surface area (Å²) in [5.74, 6) is 0.847. The molecule has 2 heteroatoms. The van der Waals surface area contributed by atoms with Crippen LogP contribution in [0.1, 0.15) is 160 Å². The zero-order valence-electron chi connectivity index (χ0n) is 30.7. The van der Waals surface area contributed by atoms with Crippen LogP contribution in [0.25, 0.3) is 0 Å². The molecular formula is C46H64N2. The van der Waals surface area contributed by atoms with Crippen LogP contribution in [0, 0.1) is 13.8 Å². The third-order valence-electron chi connectivity index (χ3n) is 10.5. The molecule has 0 bridgehead atoms. The Hall–Kier alpha value is -3.52. The van der Waals surface area contributed by atoms with Crippen LogP contribution in [0.4, 0.5) is 11.4 Å². The molecule has 4 aromatic rings. The molecule has 4 rings (SSSR count). The van der Waals surface area contributed by atoms with Crippen molar-refractivity contribution < 1.29 is 0 Å². The lowest BCUT2D eigenvalue weighted by atomic mass is 9.83. The normalized spacial score (nSPS) is 12.7. The number of rotatable bonds is 21. The average Bonchev–Trinajstić information content (AvgIpc) is 3.08. The van der Waals surface area contributed by atoms with Gasteiger partial charge in [0.25, 0.3) is 0 Å². The van der Waals surface area contributed by atoms with E-state index >= 15 is 0 Å². The number of hydrogen-bond donors (Lipinski definition) is 2. The monoisotopic (exact) mass is 645 g/mol. The molecule has 48 heavy (non-hydrogen) atoms. The van der Waals surface area contributed by atoms with Crippen LogP contribution in [-0.2, 0) is 12.8 Å². The van der Waals surface area contributed by atoms with Gasteiger partial charge >= 0.3 is 0 Å². The van der Waals surface area contributed by atoms with Crippen molar-refractivity contribution in [2.75, 3.05) is 11.5 Å².